The maximum absolute atomic E-state index is 9.55. The Morgan fingerprint density at radius 3 is 0.893 bits per heavy atom. The first-order chi connectivity index (χ1) is 27.4. The molecular formula is C46H39Cl3N4O2S. The first-order valence-electron chi connectivity index (χ1n) is 17.8. The predicted octanol–water partition coefficient (Wildman–Crippen LogP) is 10.7. The van der Waals surface area contributed by atoms with Crippen molar-refractivity contribution in [3.8, 4) is 0 Å². The molecular weight excluding hydrogens is 779 g/mol. The van der Waals surface area contributed by atoms with Crippen LogP contribution in [-0.2, 0) is 32.8 Å². The monoisotopic (exact) mass is 816 g/mol. The van der Waals surface area contributed by atoms with Gasteiger partial charge in [0.25, 0.3) is 0 Å². The lowest BCUT2D eigenvalue weighted by molar-refractivity contribution is 0.277. The Hall–Kier alpha value is -5.28. The van der Waals surface area contributed by atoms with E-state index >= 15 is 0 Å². The Morgan fingerprint density at radius 2 is 0.696 bits per heavy atom. The molecule has 56 heavy (non-hydrogen) atoms. The Balaban J connectivity index is 0.000000174. The molecule has 0 aliphatic carbocycles. The molecule has 0 spiro atoms. The summed E-state index contributed by atoms with van der Waals surface area (Å²) in [5.41, 5.74) is 7.38. The summed E-state index contributed by atoms with van der Waals surface area (Å²) in [5, 5.41) is 9.55. The molecule has 6 nitrogen and oxygen atoms in total. The molecule has 0 saturated carbocycles. The lowest BCUT2D eigenvalue weighted by Gasteiger charge is -2.37. The lowest BCUT2D eigenvalue weighted by atomic mass is 9.77. The van der Waals surface area contributed by atoms with E-state index in [-0.39, 0.29) is 6.61 Å². The molecule has 0 radical (unpaired) electrons. The van der Waals surface area contributed by atoms with Crippen LogP contribution >= 0.6 is 33.0 Å². The van der Waals surface area contributed by atoms with Crippen LogP contribution in [0.3, 0.4) is 0 Å². The van der Waals surface area contributed by atoms with Crippen molar-refractivity contribution >= 4 is 42.2 Å². The molecule has 0 aliphatic rings. The van der Waals surface area contributed by atoms with Crippen molar-refractivity contribution in [2.45, 2.75) is 23.6 Å². The molecule has 0 amide bonds. The average Bonchev–Trinajstić information content (AvgIpc) is 3.95. The summed E-state index contributed by atoms with van der Waals surface area (Å²) in [7, 11) is 7.36. The van der Waals surface area contributed by atoms with E-state index in [1.165, 1.54) is 16.7 Å². The number of benzene rings is 6. The highest BCUT2D eigenvalue weighted by Crippen LogP contribution is 2.42. The summed E-state index contributed by atoms with van der Waals surface area (Å²) in [5.74, 6) is 0.390. The molecule has 0 unspecified atom stereocenters. The largest absolute Gasteiger partial charge is 0.390 e. The van der Waals surface area contributed by atoms with Gasteiger partial charge in [-0.05, 0) is 33.4 Å². The number of halogens is 3. The SMILES string of the molecule is ClCc1cn(C(c2ccccc2)(c2ccccc2)c2ccccc2)cn1.O=S(Cl)Cl.OCc1cn(C(c2ccccc2)(c2ccccc2)c2ccccc2)cn1. The minimum Gasteiger partial charge on any atom is -0.390 e. The van der Waals surface area contributed by atoms with Crippen LogP contribution in [0.5, 0.6) is 0 Å². The summed E-state index contributed by atoms with van der Waals surface area (Å²) < 4.78 is 13.4. The summed E-state index contributed by atoms with van der Waals surface area (Å²) in [4.78, 5) is 8.90. The van der Waals surface area contributed by atoms with Crippen LogP contribution in [0.1, 0.15) is 44.8 Å². The predicted molar refractivity (Wildman–Crippen MR) is 229 cm³/mol. The van der Waals surface area contributed by atoms with Gasteiger partial charge < -0.3 is 14.2 Å². The van der Waals surface area contributed by atoms with Crippen LogP contribution in [-0.4, -0.2) is 28.4 Å². The molecule has 8 rings (SSSR count). The molecule has 2 heterocycles. The lowest BCUT2D eigenvalue weighted by Crippen LogP contribution is -2.36. The Morgan fingerprint density at radius 1 is 0.464 bits per heavy atom. The van der Waals surface area contributed by atoms with E-state index in [9.17, 15) is 5.11 Å². The third-order valence-corrected chi connectivity index (χ3v) is 9.77. The molecule has 10 heteroatoms. The summed E-state index contributed by atoms with van der Waals surface area (Å²) in [6.45, 7) is -0.0819. The minimum absolute atomic E-state index is 0.0819. The van der Waals surface area contributed by atoms with Gasteiger partial charge in [-0.3, -0.25) is 0 Å². The molecule has 0 aliphatic heterocycles. The molecule has 0 fully saturated rings. The standard InChI is InChI=1S/C23H19ClN2.C23H20N2O.Cl2OS/c24-16-22-17-26(18-25-22)23(19-10-4-1-5-11-19,20-12-6-2-7-13-20)21-14-8-3-9-15-21;26-17-22-16-25(18-24-22)23(19-10-4-1-5-11-19,20-12-6-2-7-13-20)21-14-8-3-9-15-21;1-4(2)3/h1-15,17-18H,16H2;1-16,18,26H,17H2;. The van der Waals surface area contributed by atoms with Crippen LogP contribution in [0.15, 0.2) is 207 Å². The fraction of sp³-hybridized carbons (Fsp3) is 0.0870. The molecule has 282 valence electrons. The smallest absolute Gasteiger partial charge is 0.211 e. The zero-order chi connectivity index (χ0) is 39.2. The Kier molecular flexibility index (Phi) is 14.1. The van der Waals surface area contributed by atoms with Crippen molar-refractivity contribution in [3.05, 3.63) is 252 Å². The number of hydrogen-bond donors (Lipinski definition) is 1. The molecule has 6 aromatic carbocycles. The summed E-state index contributed by atoms with van der Waals surface area (Å²) in [6.07, 6.45) is 7.65. The van der Waals surface area contributed by atoms with Crippen LogP contribution in [0.4, 0.5) is 0 Å². The van der Waals surface area contributed by atoms with Gasteiger partial charge >= 0.3 is 0 Å². The number of aliphatic hydroxyl groups is 1. The number of aromatic nitrogens is 4. The highest BCUT2D eigenvalue weighted by molar-refractivity contribution is 8.26. The Labute approximate surface area is 344 Å². The molecule has 1 N–H and O–H groups in total. The van der Waals surface area contributed by atoms with Gasteiger partial charge in [0.05, 0.1) is 36.5 Å². The van der Waals surface area contributed by atoms with E-state index in [2.05, 4.69) is 186 Å². The highest BCUT2D eigenvalue weighted by atomic mass is 36.0. The maximum Gasteiger partial charge on any atom is 0.211 e. The fourth-order valence-electron chi connectivity index (χ4n) is 7.22. The maximum atomic E-state index is 9.55. The molecule has 2 aromatic heterocycles. The van der Waals surface area contributed by atoms with Crippen molar-refractivity contribution in [2.24, 2.45) is 0 Å². The van der Waals surface area contributed by atoms with Gasteiger partial charge in [0.15, 0.2) is 0 Å². The van der Waals surface area contributed by atoms with Gasteiger partial charge in [-0.1, -0.05) is 182 Å². The quantitative estimate of drug-likeness (QED) is 0.0848. The molecule has 0 saturated heterocycles. The Bertz CT molecular complexity index is 2020. The van der Waals surface area contributed by atoms with Crippen molar-refractivity contribution in [1.29, 1.82) is 0 Å². The van der Waals surface area contributed by atoms with Crippen LogP contribution in [0, 0.1) is 0 Å². The van der Waals surface area contributed by atoms with Crippen molar-refractivity contribution in [2.75, 3.05) is 0 Å². The van der Waals surface area contributed by atoms with Gasteiger partial charge in [0.1, 0.15) is 11.1 Å². The van der Waals surface area contributed by atoms with Crippen molar-refractivity contribution < 1.29 is 9.32 Å². The third kappa shape index (κ3) is 8.73. The van der Waals surface area contributed by atoms with E-state index in [1.54, 1.807) is 6.33 Å². The zero-order valence-corrected chi connectivity index (χ0v) is 33.3. The second kappa shape index (κ2) is 19.5. The van der Waals surface area contributed by atoms with Gasteiger partial charge in [-0.25, -0.2) is 14.2 Å². The van der Waals surface area contributed by atoms with Gasteiger partial charge in [0.2, 0.25) is 9.23 Å². The third-order valence-electron chi connectivity index (χ3n) is 9.50. The van der Waals surface area contributed by atoms with Gasteiger partial charge in [-0.15, -0.1) is 11.6 Å². The topological polar surface area (TPSA) is 72.9 Å². The minimum atomic E-state index is -1.67. The summed E-state index contributed by atoms with van der Waals surface area (Å²) in [6, 6.07) is 62.8. The molecule has 0 atom stereocenters. The van der Waals surface area contributed by atoms with E-state index in [1.807, 2.05) is 55.1 Å². The summed E-state index contributed by atoms with van der Waals surface area (Å²) >= 11 is 6.05. The fourth-order valence-corrected chi connectivity index (χ4v) is 7.35. The van der Waals surface area contributed by atoms with Crippen molar-refractivity contribution in [1.82, 2.24) is 19.1 Å². The first-order valence-corrected chi connectivity index (χ1v) is 21.1. The highest BCUT2D eigenvalue weighted by Gasteiger charge is 2.39. The molecule has 8 aromatic rings. The van der Waals surface area contributed by atoms with E-state index < -0.39 is 20.3 Å². The normalized spacial score (nSPS) is 11.2. The number of imidazole rings is 2. The van der Waals surface area contributed by atoms with Crippen LogP contribution in [0.2, 0.25) is 0 Å². The van der Waals surface area contributed by atoms with E-state index in [4.69, 9.17) is 15.8 Å². The number of aliphatic hydroxyl groups excluding tert-OH is 1. The zero-order valence-electron chi connectivity index (χ0n) is 30.2. The molecule has 0 bridgehead atoms. The second-order valence-corrected chi connectivity index (χ2v) is 15.4. The van der Waals surface area contributed by atoms with Gasteiger partial charge in [0, 0.05) is 33.8 Å². The van der Waals surface area contributed by atoms with E-state index in [0.29, 0.717) is 11.6 Å². The van der Waals surface area contributed by atoms with Crippen LogP contribution < -0.4 is 0 Å². The number of rotatable bonds is 10. The average molecular weight is 818 g/mol. The van der Waals surface area contributed by atoms with Crippen molar-refractivity contribution in [3.63, 3.8) is 0 Å². The number of hydrogen-bond acceptors (Lipinski definition) is 4. The number of alkyl halides is 1. The second-order valence-electron chi connectivity index (χ2n) is 12.6. The van der Waals surface area contributed by atoms with Gasteiger partial charge in [-0.2, -0.15) is 0 Å². The van der Waals surface area contributed by atoms with E-state index in [0.717, 1.165) is 22.4 Å². The first kappa shape index (κ1) is 40.4. The van der Waals surface area contributed by atoms with Crippen LogP contribution in [0.25, 0.3) is 0 Å². The number of nitrogens with zero attached hydrogens (tertiary/aromatic N) is 4.